The van der Waals surface area contributed by atoms with E-state index in [2.05, 4.69) is 0 Å². The van der Waals surface area contributed by atoms with Crippen molar-refractivity contribution < 1.29 is 23.1 Å². The molecule has 1 N–H and O–H groups in total. The molecule has 0 aromatic rings. The zero-order chi connectivity index (χ0) is 10.2. The SMILES string of the molecule is CN1C[C@@H](C(=O)O)[C@@H](C(F)(F)F)C1. The van der Waals surface area contributed by atoms with Crippen LogP contribution in [0.1, 0.15) is 0 Å². The highest BCUT2D eigenvalue weighted by Crippen LogP contribution is 2.36. The first-order valence-electron chi connectivity index (χ1n) is 3.80. The van der Waals surface area contributed by atoms with Gasteiger partial charge >= 0.3 is 12.1 Å². The summed E-state index contributed by atoms with van der Waals surface area (Å²) in [7, 11) is 1.49. The van der Waals surface area contributed by atoms with Gasteiger partial charge in [0.25, 0.3) is 0 Å². The van der Waals surface area contributed by atoms with Gasteiger partial charge < -0.3 is 10.0 Å². The Kier molecular flexibility index (Phi) is 2.51. The third-order valence-corrected chi connectivity index (χ3v) is 2.24. The van der Waals surface area contributed by atoms with E-state index in [1.165, 1.54) is 11.9 Å². The van der Waals surface area contributed by atoms with Crippen LogP contribution in [-0.2, 0) is 4.79 Å². The van der Waals surface area contributed by atoms with Crippen LogP contribution >= 0.6 is 0 Å². The van der Waals surface area contributed by atoms with Crippen LogP contribution in [0.2, 0.25) is 0 Å². The summed E-state index contributed by atoms with van der Waals surface area (Å²) in [6.07, 6.45) is -4.41. The highest BCUT2D eigenvalue weighted by molar-refractivity contribution is 5.71. The molecule has 1 heterocycles. The van der Waals surface area contributed by atoms with Crippen LogP contribution in [0.5, 0.6) is 0 Å². The molecule has 0 radical (unpaired) electrons. The number of aliphatic carboxylic acids is 1. The fraction of sp³-hybridized carbons (Fsp3) is 0.857. The summed E-state index contributed by atoms with van der Waals surface area (Å²) in [5.74, 6) is -4.41. The van der Waals surface area contributed by atoms with Gasteiger partial charge in [-0.3, -0.25) is 4.79 Å². The third kappa shape index (κ3) is 2.12. The van der Waals surface area contributed by atoms with E-state index in [-0.39, 0.29) is 13.1 Å². The van der Waals surface area contributed by atoms with Crippen molar-refractivity contribution in [2.45, 2.75) is 6.18 Å². The minimum absolute atomic E-state index is 0.0283. The van der Waals surface area contributed by atoms with Crippen LogP contribution in [0.15, 0.2) is 0 Å². The van der Waals surface area contributed by atoms with Gasteiger partial charge in [-0.2, -0.15) is 13.2 Å². The number of carbonyl (C=O) groups is 1. The molecule has 0 aliphatic carbocycles. The summed E-state index contributed by atoms with van der Waals surface area (Å²) < 4.78 is 36.8. The molecule has 1 aliphatic heterocycles. The van der Waals surface area contributed by atoms with Crippen molar-refractivity contribution in [2.75, 3.05) is 20.1 Å². The van der Waals surface area contributed by atoms with Crippen LogP contribution in [-0.4, -0.2) is 42.3 Å². The Morgan fingerprint density at radius 3 is 2.31 bits per heavy atom. The largest absolute Gasteiger partial charge is 0.481 e. The number of hydrogen-bond donors (Lipinski definition) is 1. The third-order valence-electron chi connectivity index (χ3n) is 2.24. The zero-order valence-electron chi connectivity index (χ0n) is 7.01. The van der Waals surface area contributed by atoms with Gasteiger partial charge in [0.2, 0.25) is 0 Å². The van der Waals surface area contributed by atoms with E-state index in [0.717, 1.165) is 0 Å². The average Bonchev–Trinajstić information content (AvgIpc) is 2.29. The van der Waals surface area contributed by atoms with Crippen molar-refractivity contribution in [1.29, 1.82) is 0 Å². The summed E-state index contributed by atoms with van der Waals surface area (Å²) in [5.41, 5.74) is 0. The lowest BCUT2D eigenvalue weighted by Crippen LogP contribution is -2.33. The number of halogens is 3. The zero-order valence-corrected chi connectivity index (χ0v) is 7.01. The summed E-state index contributed by atoms with van der Waals surface area (Å²) in [5, 5.41) is 8.54. The van der Waals surface area contributed by atoms with Gasteiger partial charge in [0.05, 0.1) is 11.8 Å². The van der Waals surface area contributed by atoms with E-state index >= 15 is 0 Å². The molecular weight excluding hydrogens is 187 g/mol. The Labute approximate surface area is 73.1 Å². The molecule has 76 valence electrons. The molecular formula is C7H10F3NO2. The molecule has 0 amide bonds. The van der Waals surface area contributed by atoms with Gasteiger partial charge in [-0.15, -0.1) is 0 Å². The number of rotatable bonds is 1. The molecule has 0 unspecified atom stereocenters. The molecule has 0 aromatic carbocycles. The normalized spacial score (nSPS) is 30.8. The van der Waals surface area contributed by atoms with E-state index in [4.69, 9.17) is 5.11 Å². The Morgan fingerprint density at radius 1 is 1.46 bits per heavy atom. The molecule has 1 fully saturated rings. The standard InChI is InChI=1S/C7H10F3NO2/c1-11-2-4(6(12)13)5(3-11)7(8,9)10/h4-5H,2-3H2,1H3,(H,12,13)/t4-,5+/m1/s1. The number of carboxylic acids is 1. The molecule has 0 spiro atoms. The number of alkyl halides is 3. The van der Waals surface area contributed by atoms with Crippen molar-refractivity contribution in [1.82, 2.24) is 4.90 Å². The van der Waals surface area contributed by atoms with Crippen molar-refractivity contribution in [3.8, 4) is 0 Å². The second kappa shape index (κ2) is 3.17. The van der Waals surface area contributed by atoms with Gasteiger partial charge in [-0.1, -0.05) is 0 Å². The first-order chi connectivity index (χ1) is 5.82. The number of hydrogen-bond acceptors (Lipinski definition) is 2. The van der Waals surface area contributed by atoms with Crippen LogP contribution in [0.3, 0.4) is 0 Å². The molecule has 2 atom stereocenters. The van der Waals surface area contributed by atoms with Gasteiger partial charge in [0.1, 0.15) is 0 Å². The van der Waals surface area contributed by atoms with Crippen molar-refractivity contribution in [3.63, 3.8) is 0 Å². The highest BCUT2D eigenvalue weighted by atomic mass is 19.4. The summed E-state index contributed by atoms with van der Waals surface area (Å²) >= 11 is 0. The minimum atomic E-state index is -4.41. The molecule has 1 saturated heterocycles. The van der Waals surface area contributed by atoms with E-state index in [0.29, 0.717) is 0 Å². The van der Waals surface area contributed by atoms with E-state index < -0.39 is 24.0 Å². The molecule has 6 heteroatoms. The predicted octanol–water partition coefficient (Wildman–Crippen LogP) is 0.811. The summed E-state index contributed by atoms with van der Waals surface area (Å²) in [6.45, 7) is -0.250. The fourth-order valence-corrected chi connectivity index (χ4v) is 1.58. The molecule has 0 bridgehead atoms. The van der Waals surface area contributed by atoms with Gasteiger partial charge in [-0.05, 0) is 7.05 Å². The maximum Gasteiger partial charge on any atom is 0.393 e. The minimum Gasteiger partial charge on any atom is -0.481 e. The highest BCUT2D eigenvalue weighted by Gasteiger charge is 2.51. The second-order valence-electron chi connectivity index (χ2n) is 3.31. The molecule has 1 aliphatic rings. The smallest absolute Gasteiger partial charge is 0.393 e. The van der Waals surface area contributed by atoms with Crippen molar-refractivity contribution >= 4 is 5.97 Å². The topological polar surface area (TPSA) is 40.5 Å². The molecule has 0 saturated carbocycles. The molecule has 3 nitrogen and oxygen atoms in total. The Hall–Kier alpha value is -0.780. The van der Waals surface area contributed by atoms with E-state index in [1.54, 1.807) is 0 Å². The van der Waals surface area contributed by atoms with Gasteiger partial charge in [0, 0.05) is 13.1 Å². The van der Waals surface area contributed by atoms with Crippen LogP contribution < -0.4 is 0 Å². The maximum absolute atomic E-state index is 12.3. The van der Waals surface area contributed by atoms with Crippen LogP contribution in [0.25, 0.3) is 0 Å². The first kappa shape index (κ1) is 10.3. The van der Waals surface area contributed by atoms with Crippen molar-refractivity contribution in [3.05, 3.63) is 0 Å². The van der Waals surface area contributed by atoms with E-state index in [1.807, 2.05) is 0 Å². The first-order valence-corrected chi connectivity index (χ1v) is 3.80. The Morgan fingerprint density at radius 2 is 2.00 bits per heavy atom. The summed E-state index contributed by atoms with van der Waals surface area (Å²) in [6, 6.07) is 0. The second-order valence-corrected chi connectivity index (χ2v) is 3.31. The van der Waals surface area contributed by atoms with Crippen LogP contribution in [0.4, 0.5) is 13.2 Å². The lowest BCUT2D eigenvalue weighted by atomic mass is 9.96. The monoisotopic (exact) mass is 197 g/mol. The fourth-order valence-electron chi connectivity index (χ4n) is 1.58. The Balaban J connectivity index is 2.78. The van der Waals surface area contributed by atoms with Crippen molar-refractivity contribution in [2.24, 2.45) is 11.8 Å². The number of carboxylic acid groups (broad SMARTS) is 1. The average molecular weight is 197 g/mol. The quantitative estimate of drug-likeness (QED) is 0.676. The van der Waals surface area contributed by atoms with E-state index in [9.17, 15) is 18.0 Å². The Bertz CT molecular complexity index is 216. The summed E-state index contributed by atoms with van der Waals surface area (Å²) in [4.78, 5) is 11.9. The molecule has 1 rings (SSSR count). The van der Waals surface area contributed by atoms with Gasteiger partial charge in [0.15, 0.2) is 0 Å². The predicted molar refractivity (Wildman–Crippen MR) is 38.2 cm³/mol. The van der Waals surface area contributed by atoms with Gasteiger partial charge in [-0.25, -0.2) is 0 Å². The molecule has 13 heavy (non-hydrogen) atoms. The van der Waals surface area contributed by atoms with Crippen LogP contribution in [0, 0.1) is 11.8 Å². The lowest BCUT2D eigenvalue weighted by Gasteiger charge is -2.17. The number of likely N-dealkylation sites (tertiary alicyclic amines) is 1. The molecule has 0 aromatic heterocycles. The number of nitrogens with zero attached hydrogens (tertiary/aromatic N) is 1. The maximum atomic E-state index is 12.3. The lowest BCUT2D eigenvalue weighted by molar-refractivity contribution is -0.188.